The van der Waals surface area contributed by atoms with Gasteiger partial charge < -0.3 is 15.2 Å². The minimum Gasteiger partial charge on any atom is -0.496 e. The number of nitrogens with one attached hydrogen (secondary N) is 1. The average Bonchev–Trinajstić information content (AvgIpc) is 2.49. The molecule has 1 fully saturated rings. The molecule has 0 atom stereocenters. The van der Waals surface area contributed by atoms with E-state index in [4.69, 9.17) is 4.74 Å². The van der Waals surface area contributed by atoms with E-state index in [1.165, 1.54) is 5.56 Å². The Bertz CT molecular complexity index is 476. The summed E-state index contributed by atoms with van der Waals surface area (Å²) in [6.07, 6.45) is 4.80. The van der Waals surface area contributed by atoms with Gasteiger partial charge in [-0.15, -0.1) is 0 Å². The predicted octanol–water partition coefficient (Wildman–Crippen LogP) is 3.44. The summed E-state index contributed by atoms with van der Waals surface area (Å²) in [6.45, 7) is 7.40. The van der Waals surface area contributed by atoms with Crippen molar-refractivity contribution in [2.24, 2.45) is 0 Å². The van der Waals surface area contributed by atoms with Gasteiger partial charge in [0, 0.05) is 11.6 Å². The van der Waals surface area contributed by atoms with Crippen molar-refractivity contribution in [2.75, 3.05) is 13.7 Å². The Morgan fingerprint density at radius 1 is 1.29 bits per heavy atom. The molecule has 2 rings (SSSR count). The van der Waals surface area contributed by atoms with E-state index in [2.05, 4.69) is 32.2 Å². The average molecular weight is 291 g/mol. The zero-order chi connectivity index (χ0) is 15.5. The number of ether oxygens (including phenoxy) is 1. The normalized spacial score (nSPS) is 25.9. The van der Waals surface area contributed by atoms with Crippen LogP contribution in [0.1, 0.15) is 55.7 Å². The lowest BCUT2D eigenvalue weighted by Crippen LogP contribution is -2.40. The molecule has 1 aromatic rings. The molecule has 0 saturated heterocycles. The van der Waals surface area contributed by atoms with Gasteiger partial charge in [-0.25, -0.2) is 0 Å². The van der Waals surface area contributed by atoms with Crippen LogP contribution >= 0.6 is 0 Å². The van der Waals surface area contributed by atoms with Crippen LogP contribution in [0.4, 0.5) is 0 Å². The Morgan fingerprint density at radius 3 is 2.52 bits per heavy atom. The fourth-order valence-electron chi connectivity index (χ4n) is 3.34. The van der Waals surface area contributed by atoms with E-state index in [-0.39, 0.29) is 0 Å². The van der Waals surface area contributed by atoms with Crippen molar-refractivity contribution in [3.63, 3.8) is 0 Å². The SMILES string of the molecule is CCCNC1CCC(O)(c2ccc(C)c(C)c2OC)CC1. The monoisotopic (exact) mass is 291 g/mol. The van der Waals surface area contributed by atoms with Crippen LogP contribution in [0.15, 0.2) is 12.1 Å². The molecule has 0 heterocycles. The van der Waals surface area contributed by atoms with Gasteiger partial charge in [-0.3, -0.25) is 0 Å². The molecule has 0 amide bonds. The Balaban J connectivity index is 2.17. The van der Waals surface area contributed by atoms with Crippen molar-refractivity contribution in [1.82, 2.24) is 5.32 Å². The van der Waals surface area contributed by atoms with Gasteiger partial charge in [0.15, 0.2) is 0 Å². The molecule has 1 aliphatic carbocycles. The summed E-state index contributed by atoms with van der Waals surface area (Å²) in [5.74, 6) is 0.859. The van der Waals surface area contributed by atoms with Crippen LogP contribution in [0, 0.1) is 13.8 Å². The smallest absolute Gasteiger partial charge is 0.128 e. The van der Waals surface area contributed by atoms with Gasteiger partial charge in [-0.2, -0.15) is 0 Å². The largest absolute Gasteiger partial charge is 0.496 e. The summed E-state index contributed by atoms with van der Waals surface area (Å²) in [7, 11) is 1.70. The van der Waals surface area contributed by atoms with Crippen molar-refractivity contribution in [2.45, 2.75) is 64.5 Å². The first-order valence-electron chi connectivity index (χ1n) is 8.12. The number of methoxy groups -OCH3 is 1. The minimum absolute atomic E-state index is 0.544. The quantitative estimate of drug-likeness (QED) is 0.873. The van der Waals surface area contributed by atoms with E-state index in [0.29, 0.717) is 6.04 Å². The molecule has 1 saturated carbocycles. The minimum atomic E-state index is -0.742. The molecule has 3 heteroatoms. The van der Waals surface area contributed by atoms with Crippen molar-refractivity contribution >= 4 is 0 Å². The molecular weight excluding hydrogens is 262 g/mol. The van der Waals surface area contributed by atoms with Crippen molar-refractivity contribution in [3.05, 3.63) is 28.8 Å². The third-order valence-electron chi connectivity index (χ3n) is 4.88. The highest BCUT2D eigenvalue weighted by atomic mass is 16.5. The molecule has 0 aromatic heterocycles. The summed E-state index contributed by atoms with van der Waals surface area (Å²) in [5.41, 5.74) is 2.56. The van der Waals surface area contributed by atoms with Gasteiger partial charge in [0.05, 0.1) is 12.7 Å². The Labute approximate surface area is 128 Å². The standard InChI is InChI=1S/C18H29NO2/c1-5-12-19-15-8-10-18(20,11-9-15)16-7-6-13(2)14(3)17(16)21-4/h6-7,15,19-20H,5,8-12H2,1-4H3. The van der Waals surface area contributed by atoms with Gasteiger partial charge in [-0.05, 0) is 63.6 Å². The van der Waals surface area contributed by atoms with Gasteiger partial charge in [0.2, 0.25) is 0 Å². The number of hydrogen-bond donors (Lipinski definition) is 2. The molecule has 0 radical (unpaired) electrons. The van der Waals surface area contributed by atoms with Crippen LogP contribution in [0.5, 0.6) is 5.75 Å². The molecule has 0 unspecified atom stereocenters. The summed E-state index contributed by atoms with van der Waals surface area (Å²) in [6, 6.07) is 4.68. The lowest BCUT2D eigenvalue weighted by atomic mass is 9.76. The van der Waals surface area contributed by atoms with Crippen molar-refractivity contribution in [3.8, 4) is 5.75 Å². The summed E-state index contributed by atoms with van der Waals surface area (Å²) < 4.78 is 5.59. The number of rotatable bonds is 5. The fourth-order valence-corrected chi connectivity index (χ4v) is 3.34. The third kappa shape index (κ3) is 3.41. The van der Waals surface area contributed by atoms with Crippen molar-refractivity contribution in [1.29, 1.82) is 0 Å². The van der Waals surface area contributed by atoms with E-state index in [0.717, 1.165) is 55.5 Å². The van der Waals surface area contributed by atoms with Crippen LogP contribution in [0.2, 0.25) is 0 Å². The number of aliphatic hydroxyl groups is 1. The number of aryl methyl sites for hydroxylation is 1. The van der Waals surface area contributed by atoms with Crippen LogP contribution in [-0.2, 0) is 5.60 Å². The maximum Gasteiger partial charge on any atom is 0.128 e. The number of benzene rings is 1. The van der Waals surface area contributed by atoms with Crippen LogP contribution < -0.4 is 10.1 Å². The zero-order valence-corrected chi connectivity index (χ0v) is 13.8. The third-order valence-corrected chi connectivity index (χ3v) is 4.88. The van der Waals surface area contributed by atoms with Crippen LogP contribution in [-0.4, -0.2) is 24.8 Å². The second kappa shape index (κ2) is 6.80. The molecule has 118 valence electrons. The highest BCUT2D eigenvalue weighted by Crippen LogP contribution is 2.42. The molecule has 1 aliphatic rings. The highest BCUT2D eigenvalue weighted by Gasteiger charge is 2.37. The zero-order valence-electron chi connectivity index (χ0n) is 13.8. The molecule has 0 bridgehead atoms. The van der Waals surface area contributed by atoms with E-state index in [1.54, 1.807) is 7.11 Å². The molecular formula is C18H29NO2. The summed E-state index contributed by atoms with van der Waals surface area (Å²) in [5, 5.41) is 14.7. The summed E-state index contributed by atoms with van der Waals surface area (Å²) in [4.78, 5) is 0. The topological polar surface area (TPSA) is 41.5 Å². The lowest BCUT2D eigenvalue weighted by molar-refractivity contribution is -0.0102. The van der Waals surface area contributed by atoms with Gasteiger partial charge in [-0.1, -0.05) is 19.1 Å². The Morgan fingerprint density at radius 2 is 1.95 bits per heavy atom. The van der Waals surface area contributed by atoms with Gasteiger partial charge >= 0.3 is 0 Å². The van der Waals surface area contributed by atoms with E-state index in [9.17, 15) is 5.11 Å². The molecule has 21 heavy (non-hydrogen) atoms. The maximum atomic E-state index is 11.1. The molecule has 0 spiro atoms. The predicted molar refractivity (Wildman–Crippen MR) is 86.9 cm³/mol. The second-order valence-corrected chi connectivity index (χ2v) is 6.35. The highest BCUT2D eigenvalue weighted by molar-refractivity contribution is 5.48. The maximum absolute atomic E-state index is 11.1. The molecule has 3 nitrogen and oxygen atoms in total. The molecule has 0 aliphatic heterocycles. The van der Waals surface area contributed by atoms with E-state index >= 15 is 0 Å². The molecule has 2 N–H and O–H groups in total. The van der Waals surface area contributed by atoms with E-state index in [1.807, 2.05) is 6.07 Å². The first kappa shape index (κ1) is 16.3. The Hall–Kier alpha value is -1.06. The Kier molecular flexibility index (Phi) is 5.28. The lowest BCUT2D eigenvalue weighted by Gasteiger charge is -2.38. The fraction of sp³-hybridized carbons (Fsp3) is 0.667. The van der Waals surface area contributed by atoms with Crippen molar-refractivity contribution < 1.29 is 9.84 Å². The summed E-state index contributed by atoms with van der Waals surface area (Å²) >= 11 is 0. The second-order valence-electron chi connectivity index (χ2n) is 6.35. The van der Waals surface area contributed by atoms with Crippen LogP contribution in [0.25, 0.3) is 0 Å². The first-order valence-corrected chi connectivity index (χ1v) is 8.12. The first-order chi connectivity index (χ1) is 10.0. The van der Waals surface area contributed by atoms with Crippen LogP contribution in [0.3, 0.4) is 0 Å². The van der Waals surface area contributed by atoms with Gasteiger partial charge in [0.1, 0.15) is 5.75 Å². The number of hydrogen-bond acceptors (Lipinski definition) is 3. The molecule has 1 aromatic carbocycles. The van der Waals surface area contributed by atoms with Gasteiger partial charge in [0.25, 0.3) is 0 Å². The van der Waals surface area contributed by atoms with E-state index < -0.39 is 5.60 Å².